The van der Waals surface area contributed by atoms with Crippen LogP contribution in [-0.2, 0) is 6.42 Å². The summed E-state index contributed by atoms with van der Waals surface area (Å²) in [5.41, 5.74) is 1.56. The Bertz CT molecular complexity index is 1300. The standard InChI is InChI=1S/C24H24O6/c1-12(2)6-7-15-20-14(10-11-24(3,4)30-20)19(27)17-18(26)13-8-9-16(25)23(28-5)22(13)29-21(15)17/h6,8-11,25,27H,7H2,1-5H3. The number of phenols is 2. The van der Waals surface area contributed by atoms with Crippen molar-refractivity contribution in [1.82, 2.24) is 0 Å². The highest BCUT2D eigenvalue weighted by molar-refractivity contribution is 6.00. The number of phenolic OH excluding ortho intramolecular Hbond substituents is 2. The monoisotopic (exact) mass is 408 g/mol. The van der Waals surface area contributed by atoms with Gasteiger partial charge in [0.15, 0.2) is 11.3 Å². The number of fused-ring (bicyclic) bond motifs is 3. The molecule has 6 heteroatoms. The van der Waals surface area contributed by atoms with Crippen LogP contribution < -0.4 is 14.9 Å². The quantitative estimate of drug-likeness (QED) is 0.465. The summed E-state index contributed by atoms with van der Waals surface area (Å²) < 4.78 is 17.6. The fraction of sp³-hybridized carbons (Fsp3) is 0.292. The fourth-order valence-corrected chi connectivity index (χ4v) is 3.70. The summed E-state index contributed by atoms with van der Waals surface area (Å²) in [5.74, 6) is 0.223. The van der Waals surface area contributed by atoms with Crippen molar-refractivity contribution >= 4 is 28.0 Å². The van der Waals surface area contributed by atoms with Gasteiger partial charge in [-0.15, -0.1) is 0 Å². The summed E-state index contributed by atoms with van der Waals surface area (Å²) in [6.45, 7) is 7.78. The van der Waals surface area contributed by atoms with Gasteiger partial charge in [-0.1, -0.05) is 11.6 Å². The van der Waals surface area contributed by atoms with E-state index in [1.165, 1.54) is 19.2 Å². The molecule has 1 aromatic heterocycles. The average Bonchev–Trinajstić information content (AvgIpc) is 2.66. The fourth-order valence-electron chi connectivity index (χ4n) is 3.70. The molecule has 1 aliphatic rings. The zero-order valence-corrected chi connectivity index (χ0v) is 17.6. The molecule has 0 saturated heterocycles. The molecule has 156 valence electrons. The number of aromatic hydroxyl groups is 2. The van der Waals surface area contributed by atoms with E-state index in [0.717, 1.165) is 5.57 Å². The van der Waals surface area contributed by atoms with Crippen LogP contribution in [0.4, 0.5) is 0 Å². The van der Waals surface area contributed by atoms with Crippen molar-refractivity contribution in [1.29, 1.82) is 0 Å². The van der Waals surface area contributed by atoms with Gasteiger partial charge < -0.3 is 24.1 Å². The number of ether oxygens (including phenoxy) is 2. The zero-order valence-electron chi connectivity index (χ0n) is 17.6. The Kier molecular flexibility index (Phi) is 4.53. The molecule has 0 radical (unpaired) electrons. The van der Waals surface area contributed by atoms with E-state index in [0.29, 0.717) is 23.3 Å². The Hall–Kier alpha value is -3.41. The minimum atomic E-state index is -0.583. The van der Waals surface area contributed by atoms with E-state index in [2.05, 4.69) is 0 Å². The number of hydrogen-bond donors (Lipinski definition) is 2. The van der Waals surface area contributed by atoms with Gasteiger partial charge in [-0.05, 0) is 58.4 Å². The summed E-state index contributed by atoms with van der Waals surface area (Å²) in [6.07, 6.45) is 6.07. The first-order valence-electron chi connectivity index (χ1n) is 9.70. The van der Waals surface area contributed by atoms with Gasteiger partial charge in [0.1, 0.15) is 28.1 Å². The maximum absolute atomic E-state index is 13.4. The van der Waals surface area contributed by atoms with Gasteiger partial charge in [-0.3, -0.25) is 4.79 Å². The van der Waals surface area contributed by atoms with Gasteiger partial charge in [0.05, 0.1) is 18.1 Å². The Morgan fingerprint density at radius 1 is 1.20 bits per heavy atom. The largest absolute Gasteiger partial charge is 0.506 e. The number of rotatable bonds is 3. The molecule has 30 heavy (non-hydrogen) atoms. The molecular formula is C24H24O6. The number of benzene rings is 2. The number of allylic oxidation sites excluding steroid dienone is 2. The predicted octanol–water partition coefficient (Wildman–Crippen LogP) is 5.06. The van der Waals surface area contributed by atoms with Crippen molar-refractivity contribution < 1.29 is 24.1 Å². The summed E-state index contributed by atoms with van der Waals surface area (Å²) in [5, 5.41) is 21.4. The second kappa shape index (κ2) is 6.83. The number of hydrogen-bond acceptors (Lipinski definition) is 6. The molecule has 1 aliphatic heterocycles. The van der Waals surface area contributed by atoms with E-state index in [9.17, 15) is 15.0 Å². The Morgan fingerprint density at radius 3 is 2.60 bits per heavy atom. The molecule has 0 atom stereocenters. The summed E-state index contributed by atoms with van der Waals surface area (Å²) in [7, 11) is 1.39. The van der Waals surface area contributed by atoms with Crippen LogP contribution in [0.5, 0.6) is 23.0 Å². The topological polar surface area (TPSA) is 89.1 Å². The van der Waals surface area contributed by atoms with E-state index in [-0.39, 0.29) is 39.2 Å². The third kappa shape index (κ3) is 3.00. The van der Waals surface area contributed by atoms with Crippen molar-refractivity contribution in [2.45, 2.75) is 39.7 Å². The van der Waals surface area contributed by atoms with Crippen molar-refractivity contribution in [3.8, 4) is 23.0 Å². The molecule has 2 aromatic carbocycles. The summed E-state index contributed by atoms with van der Waals surface area (Å²) in [4.78, 5) is 13.4. The van der Waals surface area contributed by atoms with E-state index < -0.39 is 11.0 Å². The van der Waals surface area contributed by atoms with Gasteiger partial charge in [-0.2, -0.15) is 0 Å². The SMILES string of the molecule is COc1c(O)ccc2c(=O)c3c(O)c4c(c(CC=C(C)C)c3oc12)OC(C)(C)C=C4. The zero-order chi connectivity index (χ0) is 21.8. The Morgan fingerprint density at radius 2 is 1.93 bits per heavy atom. The maximum atomic E-state index is 13.4. The highest BCUT2D eigenvalue weighted by atomic mass is 16.5. The van der Waals surface area contributed by atoms with E-state index in [4.69, 9.17) is 13.9 Å². The molecule has 2 N–H and O–H groups in total. The minimum absolute atomic E-state index is 0.0676. The van der Waals surface area contributed by atoms with Crippen molar-refractivity contribution in [3.05, 3.63) is 51.2 Å². The normalized spacial score (nSPS) is 14.4. The molecule has 0 amide bonds. The molecule has 0 unspecified atom stereocenters. The van der Waals surface area contributed by atoms with Crippen LogP contribution in [-0.4, -0.2) is 22.9 Å². The number of methoxy groups -OCH3 is 1. The third-order valence-corrected chi connectivity index (χ3v) is 5.21. The first kappa shape index (κ1) is 19.9. The Balaban J connectivity index is 2.22. The Labute approximate surface area is 173 Å². The first-order valence-corrected chi connectivity index (χ1v) is 9.70. The first-order chi connectivity index (χ1) is 14.1. The lowest BCUT2D eigenvalue weighted by Crippen LogP contribution is -2.28. The van der Waals surface area contributed by atoms with E-state index in [1.54, 1.807) is 6.08 Å². The molecule has 0 spiro atoms. The van der Waals surface area contributed by atoms with Gasteiger partial charge in [0.25, 0.3) is 0 Å². The van der Waals surface area contributed by atoms with Crippen molar-refractivity contribution in [2.24, 2.45) is 0 Å². The van der Waals surface area contributed by atoms with Gasteiger partial charge >= 0.3 is 0 Å². The van der Waals surface area contributed by atoms with E-state index >= 15 is 0 Å². The predicted molar refractivity (Wildman–Crippen MR) is 117 cm³/mol. The van der Waals surface area contributed by atoms with Crippen LogP contribution in [0.2, 0.25) is 0 Å². The smallest absolute Gasteiger partial charge is 0.204 e. The second-order valence-electron chi connectivity index (χ2n) is 8.22. The lowest BCUT2D eigenvalue weighted by Gasteiger charge is -2.30. The molecule has 4 rings (SSSR count). The molecular weight excluding hydrogens is 384 g/mol. The van der Waals surface area contributed by atoms with Crippen LogP contribution in [0.15, 0.2) is 39.1 Å². The summed E-state index contributed by atoms with van der Waals surface area (Å²) in [6, 6.07) is 2.83. The summed E-state index contributed by atoms with van der Waals surface area (Å²) >= 11 is 0. The molecule has 2 heterocycles. The molecule has 0 bridgehead atoms. The lowest BCUT2D eigenvalue weighted by molar-refractivity contribution is 0.157. The van der Waals surface area contributed by atoms with Crippen LogP contribution in [0.3, 0.4) is 0 Å². The molecule has 0 fully saturated rings. The molecule has 0 saturated carbocycles. The van der Waals surface area contributed by atoms with Gasteiger partial charge in [-0.25, -0.2) is 0 Å². The minimum Gasteiger partial charge on any atom is -0.506 e. The highest BCUT2D eigenvalue weighted by Gasteiger charge is 2.31. The van der Waals surface area contributed by atoms with Crippen LogP contribution in [0.1, 0.15) is 38.8 Å². The van der Waals surface area contributed by atoms with Gasteiger partial charge in [0, 0.05) is 5.56 Å². The van der Waals surface area contributed by atoms with Crippen molar-refractivity contribution in [2.75, 3.05) is 7.11 Å². The van der Waals surface area contributed by atoms with Crippen LogP contribution >= 0.6 is 0 Å². The van der Waals surface area contributed by atoms with Crippen LogP contribution in [0, 0.1) is 0 Å². The van der Waals surface area contributed by atoms with Crippen LogP contribution in [0.25, 0.3) is 28.0 Å². The second-order valence-corrected chi connectivity index (χ2v) is 8.22. The van der Waals surface area contributed by atoms with Gasteiger partial charge in [0.2, 0.25) is 11.2 Å². The van der Waals surface area contributed by atoms with E-state index in [1.807, 2.05) is 39.8 Å². The van der Waals surface area contributed by atoms with Crippen molar-refractivity contribution in [3.63, 3.8) is 0 Å². The molecule has 0 aliphatic carbocycles. The highest BCUT2D eigenvalue weighted by Crippen LogP contribution is 2.46. The average molecular weight is 408 g/mol. The lowest BCUT2D eigenvalue weighted by atomic mass is 9.94. The molecule has 6 nitrogen and oxygen atoms in total. The molecule has 3 aromatic rings. The maximum Gasteiger partial charge on any atom is 0.204 e. The third-order valence-electron chi connectivity index (χ3n) is 5.21.